The average molecular weight is 408 g/mol. The number of nitrogens with one attached hydrogen (secondary N) is 1. The van der Waals surface area contributed by atoms with Gasteiger partial charge in [-0.1, -0.05) is 0 Å². The van der Waals surface area contributed by atoms with Gasteiger partial charge in [-0.15, -0.1) is 10.2 Å². The van der Waals surface area contributed by atoms with Crippen LogP contribution in [0.3, 0.4) is 0 Å². The molecule has 0 unspecified atom stereocenters. The third-order valence-electron chi connectivity index (χ3n) is 5.27. The summed E-state index contributed by atoms with van der Waals surface area (Å²) in [7, 11) is 1.84. The molecule has 30 heavy (non-hydrogen) atoms. The Morgan fingerprint density at radius 2 is 2.10 bits per heavy atom. The Labute approximate surface area is 171 Å². The van der Waals surface area contributed by atoms with Crippen molar-refractivity contribution >= 4 is 17.4 Å². The molecule has 10 heteroatoms. The third kappa shape index (κ3) is 3.61. The molecule has 1 N–H and O–H groups in total. The first-order valence-electron chi connectivity index (χ1n) is 9.78. The Kier molecular flexibility index (Phi) is 4.62. The topological polar surface area (TPSA) is 95.1 Å². The number of rotatable bonds is 8. The molecular formula is C20H21FN8O. The number of aryl methyl sites for hydroxylation is 1. The van der Waals surface area contributed by atoms with Crippen molar-refractivity contribution in [2.75, 3.05) is 18.6 Å². The number of anilines is 2. The second-order valence-corrected chi connectivity index (χ2v) is 7.39. The predicted molar refractivity (Wildman–Crippen MR) is 108 cm³/mol. The van der Waals surface area contributed by atoms with Gasteiger partial charge >= 0.3 is 0 Å². The quantitative estimate of drug-likeness (QED) is 0.479. The minimum atomic E-state index is -0.470. The van der Waals surface area contributed by atoms with E-state index in [1.807, 2.05) is 41.9 Å². The smallest absolute Gasteiger partial charge is 0.228 e. The molecule has 1 aliphatic rings. The molecule has 4 aromatic heterocycles. The van der Waals surface area contributed by atoms with E-state index in [4.69, 9.17) is 4.74 Å². The van der Waals surface area contributed by atoms with Gasteiger partial charge in [0.25, 0.3) is 0 Å². The molecule has 0 radical (unpaired) electrons. The molecule has 0 aromatic carbocycles. The van der Waals surface area contributed by atoms with Crippen molar-refractivity contribution in [1.29, 1.82) is 0 Å². The number of ether oxygens (including phenoxy) is 1. The fourth-order valence-electron chi connectivity index (χ4n) is 3.47. The Balaban J connectivity index is 1.38. The summed E-state index contributed by atoms with van der Waals surface area (Å²) < 4.78 is 21.8. The molecule has 0 aliphatic heterocycles. The minimum Gasteiger partial charge on any atom is -0.372 e. The highest BCUT2D eigenvalue weighted by atomic mass is 19.1. The molecule has 154 valence electrons. The van der Waals surface area contributed by atoms with Crippen molar-refractivity contribution in [3.8, 4) is 11.3 Å². The fraction of sp³-hybridized carbons (Fsp3) is 0.350. The van der Waals surface area contributed by atoms with Crippen LogP contribution in [-0.2, 0) is 18.2 Å². The Morgan fingerprint density at radius 3 is 2.87 bits per heavy atom. The lowest BCUT2D eigenvalue weighted by Crippen LogP contribution is -2.20. The summed E-state index contributed by atoms with van der Waals surface area (Å²) in [5.41, 5.74) is 2.12. The summed E-state index contributed by atoms with van der Waals surface area (Å²) in [6, 6.07) is 7.61. The third-order valence-corrected chi connectivity index (χ3v) is 5.27. The lowest BCUT2D eigenvalue weighted by Gasteiger charge is -2.14. The van der Waals surface area contributed by atoms with Gasteiger partial charge < -0.3 is 10.1 Å². The van der Waals surface area contributed by atoms with Crippen LogP contribution in [0.15, 0.2) is 42.9 Å². The van der Waals surface area contributed by atoms with Crippen LogP contribution in [-0.4, -0.2) is 53.2 Å². The van der Waals surface area contributed by atoms with E-state index >= 15 is 0 Å². The van der Waals surface area contributed by atoms with E-state index in [1.54, 1.807) is 17.1 Å². The number of halogens is 1. The second kappa shape index (κ2) is 7.45. The summed E-state index contributed by atoms with van der Waals surface area (Å²) >= 11 is 0. The van der Waals surface area contributed by atoms with Gasteiger partial charge in [0.2, 0.25) is 5.95 Å². The van der Waals surface area contributed by atoms with Gasteiger partial charge in [-0.3, -0.25) is 9.08 Å². The number of alkyl halides is 1. The van der Waals surface area contributed by atoms with Crippen LogP contribution < -0.4 is 5.32 Å². The van der Waals surface area contributed by atoms with E-state index < -0.39 is 6.67 Å². The van der Waals surface area contributed by atoms with Crippen molar-refractivity contribution in [3.63, 3.8) is 0 Å². The number of nitrogens with zero attached hydrogens (tertiary/aromatic N) is 7. The number of fused-ring (bicyclic) bond motifs is 1. The second-order valence-electron chi connectivity index (χ2n) is 7.39. The molecule has 0 amide bonds. The largest absolute Gasteiger partial charge is 0.372 e. The first-order valence-corrected chi connectivity index (χ1v) is 9.78. The molecule has 4 heterocycles. The maximum Gasteiger partial charge on any atom is 0.228 e. The van der Waals surface area contributed by atoms with Gasteiger partial charge in [-0.2, -0.15) is 5.10 Å². The highest BCUT2D eigenvalue weighted by Crippen LogP contribution is 2.42. The Bertz CT molecular complexity index is 1180. The SMILES string of the molecule is Cn1nccc1Nc1nccc(-c2ccn3c(CC4(OCCF)CC4)nnc3c2)n1. The zero-order chi connectivity index (χ0) is 20.6. The van der Waals surface area contributed by atoms with E-state index in [-0.39, 0.29) is 12.2 Å². The predicted octanol–water partition coefficient (Wildman–Crippen LogP) is 2.72. The van der Waals surface area contributed by atoms with Crippen LogP contribution in [0.25, 0.3) is 16.9 Å². The molecule has 9 nitrogen and oxygen atoms in total. The molecule has 1 aliphatic carbocycles. The van der Waals surface area contributed by atoms with Gasteiger partial charge in [0.05, 0.1) is 24.1 Å². The average Bonchev–Trinajstić information content (AvgIpc) is 3.24. The zero-order valence-corrected chi connectivity index (χ0v) is 16.5. The molecule has 1 fully saturated rings. The van der Waals surface area contributed by atoms with Crippen LogP contribution in [0.2, 0.25) is 0 Å². The van der Waals surface area contributed by atoms with E-state index in [2.05, 4.69) is 30.6 Å². The molecule has 0 spiro atoms. The summed E-state index contributed by atoms with van der Waals surface area (Å²) in [6.45, 7) is -0.341. The molecule has 0 bridgehead atoms. The van der Waals surface area contributed by atoms with Crippen LogP contribution in [0.5, 0.6) is 0 Å². The first-order chi connectivity index (χ1) is 14.7. The summed E-state index contributed by atoms with van der Waals surface area (Å²) in [4.78, 5) is 8.88. The lowest BCUT2D eigenvalue weighted by molar-refractivity contribution is 0.0237. The van der Waals surface area contributed by atoms with Crippen LogP contribution >= 0.6 is 0 Å². The van der Waals surface area contributed by atoms with Gasteiger partial charge in [-0.25, -0.2) is 14.4 Å². The van der Waals surface area contributed by atoms with Crippen molar-refractivity contribution in [2.24, 2.45) is 7.05 Å². The van der Waals surface area contributed by atoms with E-state index in [9.17, 15) is 4.39 Å². The zero-order valence-electron chi connectivity index (χ0n) is 16.5. The van der Waals surface area contributed by atoms with Gasteiger partial charge in [0.15, 0.2) is 5.65 Å². The van der Waals surface area contributed by atoms with Crippen molar-refractivity contribution in [1.82, 2.24) is 34.3 Å². The molecule has 0 atom stereocenters. The maximum absolute atomic E-state index is 12.5. The molecule has 5 rings (SSSR count). The van der Waals surface area contributed by atoms with Crippen molar-refractivity contribution in [2.45, 2.75) is 24.9 Å². The van der Waals surface area contributed by atoms with Crippen LogP contribution in [0.4, 0.5) is 16.2 Å². The van der Waals surface area contributed by atoms with Crippen molar-refractivity contribution < 1.29 is 9.13 Å². The van der Waals surface area contributed by atoms with Crippen LogP contribution in [0, 0.1) is 0 Å². The van der Waals surface area contributed by atoms with E-state index in [0.29, 0.717) is 12.4 Å². The molecule has 4 aromatic rings. The number of hydrogen-bond donors (Lipinski definition) is 1. The molecular weight excluding hydrogens is 387 g/mol. The molecule has 0 saturated heterocycles. The monoisotopic (exact) mass is 408 g/mol. The van der Waals surface area contributed by atoms with Gasteiger partial charge in [-0.05, 0) is 31.0 Å². The summed E-state index contributed by atoms with van der Waals surface area (Å²) in [5, 5.41) is 15.9. The highest BCUT2D eigenvalue weighted by molar-refractivity contribution is 5.65. The fourth-order valence-corrected chi connectivity index (χ4v) is 3.47. The summed E-state index contributed by atoms with van der Waals surface area (Å²) in [6.07, 6.45) is 7.82. The Hall–Kier alpha value is -3.40. The number of pyridine rings is 1. The van der Waals surface area contributed by atoms with Gasteiger partial charge in [0, 0.05) is 37.5 Å². The lowest BCUT2D eigenvalue weighted by atomic mass is 10.2. The maximum atomic E-state index is 12.5. The van der Waals surface area contributed by atoms with E-state index in [0.717, 1.165) is 41.4 Å². The standard InChI is InChI=1S/C20H21FN8O/c1-28-16(3-9-23-28)25-19-22-8-2-15(24-19)14-4-10-29-17(12-14)26-27-18(29)13-20(5-6-20)30-11-7-21/h2-4,8-10,12H,5-7,11,13H2,1H3,(H,22,24,25). The minimum absolute atomic E-state index is 0.129. The molecule has 1 saturated carbocycles. The normalized spacial score (nSPS) is 14.9. The summed E-state index contributed by atoms with van der Waals surface area (Å²) in [5.74, 6) is 2.10. The van der Waals surface area contributed by atoms with E-state index in [1.165, 1.54) is 0 Å². The Morgan fingerprint density at radius 1 is 1.20 bits per heavy atom. The highest BCUT2D eigenvalue weighted by Gasteiger charge is 2.45. The number of hydrogen-bond acceptors (Lipinski definition) is 7. The van der Waals surface area contributed by atoms with Crippen LogP contribution in [0.1, 0.15) is 18.7 Å². The first kappa shape index (κ1) is 18.6. The van der Waals surface area contributed by atoms with Crippen molar-refractivity contribution in [3.05, 3.63) is 48.7 Å². The number of aromatic nitrogens is 7. The van der Waals surface area contributed by atoms with Gasteiger partial charge in [0.1, 0.15) is 18.3 Å².